The summed E-state index contributed by atoms with van der Waals surface area (Å²) in [7, 11) is 1.56. The Morgan fingerprint density at radius 1 is 1.11 bits per heavy atom. The summed E-state index contributed by atoms with van der Waals surface area (Å²) in [5, 5.41) is 16.8. The standard InChI is InChI=1S/C28H29N5O4S/c1-18-8-9-23(10-19(18)2)32-26(34)16-37-24-7-5-6-21(12-24)14-30-33-27(35)17-38-28-25(13-29)22(15-36-4)11-20(3)31-28/h5-12,14H,15-17H2,1-4H3,(H,32,34)(H,33,35)/b30-14+. The Kier molecular flexibility index (Phi) is 10.4. The molecule has 0 aliphatic heterocycles. The van der Waals surface area contributed by atoms with Crippen LogP contribution in [0, 0.1) is 32.1 Å². The number of hydrogen-bond acceptors (Lipinski definition) is 8. The van der Waals surface area contributed by atoms with Gasteiger partial charge in [0.1, 0.15) is 16.8 Å². The molecule has 0 aliphatic carbocycles. The van der Waals surface area contributed by atoms with Crippen LogP contribution in [0.1, 0.15) is 33.5 Å². The molecule has 10 heteroatoms. The highest BCUT2D eigenvalue weighted by atomic mass is 32.2. The van der Waals surface area contributed by atoms with E-state index in [1.54, 1.807) is 37.4 Å². The second kappa shape index (κ2) is 13.9. The Labute approximate surface area is 226 Å². The number of nitrogens with zero attached hydrogens (tertiary/aromatic N) is 3. The van der Waals surface area contributed by atoms with E-state index in [9.17, 15) is 14.9 Å². The number of methoxy groups -OCH3 is 1. The molecule has 3 aromatic rings. The molecular weight excluding hydrogens is 502 g/mol. The van der Waals surface area contributed by atoms with Gasteiger partial charge in [0, 0.05) is 18.5 Å². The van der Waals surface area contributed by atoms with Gasteiger partial charge in [-0.15, -0.1) is 0 Å². The zero-order chi connectivity index (χ0) is 27.5. The Balaban J connectivity index is 1.50. The molecule has 0 atom stereocenters. The fourth-order valence-electron chi connectivity index (χ4n) is 3.40. The van der Waals surface area contributed by atoms with Gasteiger partial charge >= 0.3 is 0 Å². The number of amides is 2. The summed E-state index contributed by atoms with van der Waals surface area (Å²) in [6.07, 6.45) is 1.48. The van der Waals surface area contributed by atoms with E-state index in [0.29, 0.717) is 27.6 Å². The third kappa shape index (κ3) is 8.44. The van der Waals surface area contributed by atoms with E-state index < -0.39 is 0 Å². The topological polar surface area (TPSA) is 126 Å². The van der Waals surface area contributed by atoms with Gasteiger partial charge in [-0.05, 0) is 73.4 Å². The Bertz CT molecular complexity index is 1380. The molecule has 0 spiro atoms. The van der Waals surface area contributed by atoms with Crippen LogP contribution in [0.4, 0.5) is 5.69 Å². The normalized spacial score (nSPS) is 10.7. The van der Waals surface area contributed by atoms with Gasteiger partial charge in [0.15, 0.2) is 6.61 Å². The number of carbonyl (C=O) groups is 2. The van der Waals surface area contributed by atoms with Crippen molar-refractivity contribution in [2.24, 2.45) is 5.10 Å². The fraction of sp³-hybridized carbons (Fsp3) is 0.250. The number of benzene rings is 2. The summed E-state index contributed by atoms with van der Waals surface area (Å²) in [4.78, 5) is 28.9. The molecule has 1 heterocycles. The summed E-state index contributed by atoms with van der Waals surface area (Å²) in [5.74, 6) is -0.0862. The summed E-state index contributed by atoms with van der Waals surface area (Å²) < 4.78 is 10.8. The smallest absolute Gasteiger partial charge is 0.262 e. The molecule has 0 radical (unpaired) electrons. The molecule has 0 unspecified atom stereocenters. The van der Waals surface area contributed by atoms with E-state index in [-0.39, 0.29) is 30.8 Å². The number of thioether (sulfide) groups is 1. The van der Waals surface area contributed by atoms with Gasteiger partial charge in [-0.3, -0.25) is 9.59 Å². The number of rotatable bonds is 11. The number of hydrogen-bond donors (Lipinski definition) is 2. The van der Waals surface area contributed by atoms with Crippen molar-refractivity contribution in [2.45, 2.75) is 32.4 Å². The summed E-state index contributed by atoms with van der Waals surface area (Å²) in [5.41, 5.74) is 7.98. The van der Waals surface area contributed by atoms with Crippen LogP contribution in [-0.4, -0.2) is 42.5 Å². The van der Waals surface area contributed by atoms with E-state index in [2.05, 4.69) is 26.9 Å². The van der Waals surface area contributed by atoms with Crippen LogP contribution in [-0.2, 0) is 20.9 Å². The average Bonchev–Trinajstić information content (AvgIpc) is 2.89. The van der Waals surface area contributed by atoms with E-state index in [4.69, 9.17) is 9.47 Å². The van der Waals surface area contributed by atoms with Crippen molar-refractivity contribution in [3.63, 3.8) is 0 Å². The highest BCUT2D eigenvalue weighted by molar-refractivity contribution is 8.00. The maximum atomic E-state index is 12.3. The molecular formula is C28H29N5O4S. The van der Waals surface area contributed by atoms with Crippen molar-refractivity contribution in [1.82, 2.24) is 10.4 Å². The van der Waals surface area contributed by atoms with Gasteiger partial charge in [0.2, 0.25) is 5.91 Å². The molecule has 0 saturated heterocycles. The first-order chi connectivity index (χ1) is 18.3. The van der Waals surface area contributed by atoms with Crippen LogP contribution < -0.4 is 15.5 Å². The lowest BCUT2D eigenvalue weighted by Crippen LogP contribution is -2.20. The van der Waals surface area contributed by atoms with Crippen molar-refractivity contribution in [3.8, 4) is 11.8 Å². The number of nitrogens with one attached hydrogen (secondary N) is 2. The summed E-state index contributed by atoms with van der Waals surface area (Å²) >= 11 is 1.16. The largest absolute Gasteiger partial charge is 0.484 e. The fourth-order valence-corrected chi connectivity index (χ4v) is 4.26. The lowest BCUT2D eigenvalue weighted by Gasteiger charge is -2.09. The van der Waals surface area contributed by atoms with Crippen molar-refractivity contribution in [1.29, 1.82) is 5.26 Å². The molecule has 1 aromatic heterocycles. The monoisotopic (exact) mass is 531 g/mol. The van der Waals surface area contributed by atoms with E-state index in [1.807, 2.05) is 39.0 Å². The van der Waals surface area contributed by atoms with Crippen molar-refractivity contribution >= 4 is 35.5 Å². The zero-order valence-corrected chi connectivity index (χ0v) is 22.5. The maximum Gasteiger partial charge on any atom is 0.262 e. The van der Waals surface area contributed by atoms with Crippen molar-refractivity contribution < 1.29 is 19.1 Å². The lowest BCUT2D eigenvalue weighted by molar-refractivity contribution is -0.119. The predicted molar refractivity (Wildman–Crippen MR) is 147 cm³/mol. The third-order valence-corrected chi connectivity index (χ3v) is 6.34. The number of carbonyl (C=O) groups excluding carboxylic acids is 2. The van der Waals surface area contributed by atoms with E-state index in [0.717, 1.165) is 34.1 Å². The number of ether oxygens (including phenoxy) is 2. The van der Waals surface area contributed by atoms with Gasteiger partial charge in [-0.1, -0.05) is 30.0 Å². The molecule has 2 N–H and O–H groups in total. The van der Waals surface area contributed by atoms with Gasteiger partial charge in [-0.2, -0.15) is 10.4 Å². The second-order valence-electron chi connectivity index (χ2n) is 8.44. The molecule has 0 bridgehead atoms. The Morgan fingerprint density at radius 2 is 1.92 bits per heavy atom. The first kappa shape index (κ1) is 28.4. The molecule has 2 aromatic carbocycles. The second-order valence-corrected chi connectivity index (χ2v) is 9.40. The van der Waals surface area contributed by atoms with Gasteiger partial charge in [0.25, 0.3) is 5.91 Å². The minimum absolute atomic E-state index is 0.0354. The minimum Gasteiger partial charge on any atom is -0.484 e. The first-order valence-electron chi connectivity index (χ1n) is 11.7. The average molecular weight is 532 g/mol. The predicted octanol–water partition coefficient (Wildman–Crippen LogP) is 4.28. The Hall–Kier alpha value is -4.20. The van der Waals surface area contributed by atoms with E-state index >= 15 is 0 Å². The molecule has 0 aliphatic rings. The lowest BCUT2D eigenvalue weighted by atomic mass is 10.1. The Morgan fingerprint density at radius 3 is 2.66 bits per heavy atom. The van der Waals surface area contributed by atoms with Gasteiger partial charge in [0.05, 0.1) is 24.1 Å². The van der Waals surface area contributed by atoms with Crippen LogP contribution in [0.25, 0.3) is 0 Å². The maximum absolute atomic E-state index is 12.3. The van der Waals surface area contributed by atoms with Crippen molar-refractivity contribution in [2.75, 3.05) is 24.8 Å². The summed E-state index contributed by atoms with van der Waals surface area (Å²) in [6, 6.07) is 16.6. The number of nitriles is 1. The SMILES string of the molecule is COCc1cc(C)nc(SCC(=O)N/N=C/c2cccc(OCC(=O)Nc3ccc(C)c(C)c3)c2)c1C#N. The van der Waals surface area contributed by atoms with Gasteiger partial charge in [-0.25, -0.2) is 10.4 Å². The van der Waals surface area contributed by atoms with Crippen LogP contribution >= 0.6 is 11.8 Å². The molecule has 9 nitrogen and oxygen atoms in total. The number of pyridine rings is 1. The van der Waals surface area contributed by atoms with E-state index in [1.165, 1.54) is 6.21 Å². The van der Waals surface area contributed by atoms with Crippen molar-refractivity contribution in [3.05, 3.63) is 82.0 Å². The molecule has 38 heavy (non-hydrogen) atoms. The molecule has 2 amide bonds. The third-order valence-electron chi connectivity index (χ3n) is 5.37. The molecule has 196 valence electrons. The number of aryl methyl sites for hydroxylation is 3. The van der Waals surface area contributed by atoms with Crippen LogP contribution in [0.5, 0.6) is 5.75 Å². The van der Waals surface area contributed by atoms with Crippen LogP contribution in [0.2, 0.25) is 0 Å². The van der Waals surface area contributed by atoms with Gasteiger partial charge < -0.3 is 14.8 Å². The molecule has 0 fully saturated rings. The highest BCUT2D eigenvalue weighted by Gasteiger charge is 2.13. The highest BCUT2D eigenvalue weighted by Crippen LogP contribution is 2.24. The number of hydrazone groups is 1. The quantitative estimate of drug-likeness (QED) is 0.215. The first-order valence-corrected chi connectivity index (χ1v) is 12.7. The van der Waals surface area contributed by atoms with Crippen LogP contribution in [0.15, 0.2) is 58.7 Å². The number of anilines is 1. The number of aromatic nitrogens is 1. The zero-order valence-electron chi connectivity index (χ0n) is 21.7. The molecule has 3 rings (SSSR count). The van der Waals surface area contributed by atoms with Crippen LogP contribution in [0.3, 0.4) is 0 Å². The minimum atomic E-state index is -0.345. The molecule has 0 saturated carbocycles. The summed E-state index contributed by atoms with van der Waals surface area (Å²) in [6.45, 7) is 5.96.